The highest BCUT2D eigenvalue weighted by atomic mass is 16.2. The number of carbonyl (C=O) groups is 2. The Morgan fingerprint density at radius 2 is 2.31 bits per heavy atom. The van der Waals surface area contributed by atoms with Gasteiger partial charge in [-0.1, -0.05) is 6.08 Å². The molecule has 0 aromatic rings. The molecule has 1 saturated heterocycles. The standard InChI is InChI=1S/C9H10N2O2/c12-8-3-1-2-6-9(13)10-5-4-7(5)11(6)8/h1,3,5-7H,2,4H2,(H,10,13). The maximum absolute atomic E-state index is 11.5. The summed E-state index contributed by atoms with van der Waals surface area (Å²) in [5, 5.41) is 2.91. The molecule has 3 aliphatic rings. The van der Waals surface area contributed by atoms with Crippen LogP contribution in [0, 0.1) is 0 Å². The first-order chi connectivity index (χ1) is 6.27. The van der Waals surface area contributed by atoms with Crippen molar-refractivity contribution in [3.05, 3.63) is 12.2 Å². The molecule has 2 aliphatic heterocycles. The normalized spacial score (nSPS) is 40.9. The molecule has 13 heavy (non-hydrogen) atoms. The number of nitrogens with one attached hydrogen (secondary N) is 1. The Balaban J connectivity index is 1.98. The van der Waals surface area contributed by atoms with Gasteiger partial charge in [0.1, 0.15) is 6.04 Å². The molecular weight excluding hydrogens is 168 g/mol. The highest BCUT2D eigenvalue weighted by Crippen LogP contribution is 2.36. The lowest BCUT2D eigenvalue weighted by atomic mass is 10.0. The van der Waals surface area contributed by atoms with Gasteiger partial charge in [-0.3, -0.25) is 9.59 Å². The minimum atomic E-state index is -0.235. The van der Waals surface area contributed by atoms with Gasteiger partial charge in [0.25, 0.3) is 0 Å². The summed E-state index contributed by atoms with van der Waals surface area (Å²) in [4.78, 5) is 24.7. The first-order valence-corrected chi connectivity index (χ1v) is 4.56. The Kier molecular flexibility index (Phi) is 1.17. The molecule has 1 aliphatic carbocycles. The SMILES string of the molecule is O=C1NC2CC2N2C(=O)C=CCC12. The molecule has 0 bridgehead atoms. The lowest BCUT2D eigenvalue weighted by Gasteiger charge is -2.35. The second-order valence-electron chi connectivity index (χ2n) is 3.82. The van der Waals surface area contributed by atoms with Gasteiger partial charge in [-0.25, -0.2) is 0 Å². The molecular formula is C9H10N2O2. The largest absolute Gasteiger partial charge is 0.349 e. The molecule has 1 saturated carbocycles. The number of amides is 2. The van der Waals surface area contributed by atoms with Crippen molar-refractivity contribution in [2.24, 2.45) is 0 Å². The Bertz CT molecular complexity index is 324. The van der Waals surface area contributed by atoms with E-state index < -0.39 is 0 Å². The van der Waals surface area contributed by atoms with Crippen LogP contribution in [0.3, 0.4) is 0 Å². The highest BCUT2D eigenvalue weighted by molar-refractivity contribution is 5.96. The number of piperazine rings is 1. The number of hydrogen-bond acceptors (Lipinski definition) is 2. The summed E-state index contributed by atoms with van der Waals surface area (Å²) < 4.78 is 0. The van der Waals surface area contributed by atoms with Crippen LogP contribution in [0.15, 0.2) is 12.2 Å². The quantitative estimate of drug-likeness (QED) is 0.539. The Hall–Kier alpha value is -1.32. The third kappa shape index (κ3) is 0.855. The third-order valence-corrected chi connectivity index (χ3v) is 2.95. The van der Waals surface area contributed by atoms with E-state index in [1.165, 1.54) is 0 Å². The average Bonchev–Trinajstić information content (AvgIpc) is 2.83. The zero-order chi connectivity index (χ0) is 9.00. The summed E-state index contributed by atoms with van der Waals surface area (Å²) in [6.45, 7) is 0. The molecule has 4 heteroatoms. The first kappa shape index (κ1) is 7.12. The number of rotatable bonds is 0. The predicted octanol–water partition coefficient (Wildman–Crippen LogP) is -0.586. The molecule has 0 spiro atoms. The smallest absolute Gasteiger partial charge is 0.247 e. The van der Waals surface area contributed by atoms with E-state index in [0.29, 0.717) is 6.42 Å². The molecule has 3 atom stereocenters. The molecule has 0 aromatic heterocycles. The Labute approximate surface area is 75.6 Å². The topological polar surface area (TPSA) is 49.4 Å². The molecule has 3 rings (SSSR count). The minimum absolute atomic E-state index is 0.00130. The van der Waals surface area contributed by atoms with Crippen LogP contribution >= 0.6 is 0 Å². The van der Waals surface area contributed by atoms with Gasteiger partial charge in [0.15, 0.2) is 0 Å². The van der Waals surface area contributed by atoms with Gasteiger partial charge < -0.3 is 10.2 Å². The van der Waals surface area contributed by atoms with Gasteiger partial charge in [0, 0.05) is 0 Å². The van der Waals surface area contributed by atoms with E-state index in [0.717, 1.165) is 6.42 Å². The van der Waals surface area contributed by atoms with Crippen LogP contribution < -0.4 is 5.32 Å². The van der Waals surface area contributed by atoms with Gasteiger partial charge >= 0.3 is 0 Å². The van der Waals surface area contributed by atoms with E-state index in [-0.39, 0.29) is 29.9 Å². The number of fused-ring (bicyclic) bond motifs is 3. The van der Waals surface area contributed by atoms with E-state index in [1.54, 1.807) is 17.1 Å². The predicted molar refractivity (Wildman–Crippen MR) is 44.7 cm³/mol. The average molecular weight is 178 g/mol. The van der Waals surface area contributed by atoms with Crippen molar-refractivity contribution in [3.8, 4) is 0 Å². The van der Waals surface area contributed by atoms with Crippen molar-refractivity contribution in [1.29, 1.82) is 0 Å². The Morgan fingerprint density at radius 1 is 1.46 bits per heavy atom. The van der Waals surface area contributed by atoms with E-state index in [1.807, 2.05) is 0 Å². The zero-order valence-corrected chi connectivity index (χ0v) is 7.06. The van der Waals surface area contributed by atoms with Crippen LogP contribution in [0.5, 0.6) is 0 Å². The number of carbonyl (C=O) groups excluding carboxylic acids is 2. The van der Waals surface area contributed by atoms with Gasteiger partial charge in [-0.15, -0.1) is 0 Å². The summed E-state index contributed by atoms with van der Waals surface area (Å²) in [5.41, 5.74) is 0. The van der Waals surface area contributed by atoms with E-state index >= 15 is 0 Å². The molecule has 3 unspecified atom stereocenters. The zero-order valence-electron chi connectivity index (χ0n) is 7.06. The van der Waals surface area contributed by atoms with Crippen LogP contribution in [-0.4, -0.2) is 34.8 Å². The highest BCUT2D eigenvalue weighted by Gasteiger charge is 2.53. The first-order valence-electron chi connectivity index (χ1n) is 4.56. The molecule has 2 heterocycles. The van der Waals surface area contributed by atoms with E-state index in [4.69, 9.17) is 0 Å². The van der Waals surface area contributed by atoms with Crippen molar-refractivity contribution in [3.63, 3.8) is 0 Å². The number of hydrogen-bond donors (Lipinski definition) is 1. The Morgan fingerprint density at radius 3 is 3.15 bits per heavy atom. The fraction of sp³-hybridized carbons (Fsp3) is 0.556. The molecule has 2 fully saturated rings. The molecule has 0 radical (unpaired) electrons. The molecule has 0 aromatic carbocycles. The number of nitrogens with zero attached hydrogens (tertiary/aromatic N) is 1. The van der Waals surface area contributed by atoms with Crippen LogP contribution in [0.2, 0.25) is 0 Å². The summed E-state index contributed by atoms with van der Waals surface area (Å²) >= 11 is 0. The summed E-state index contributed by atoms with van der Waals surface area (Å²) in [7, 11) is 0. The van der Waals surface area contributed by atoms with Crippen LogP contribution in [0.25, 0.3) is 0 Å². The van der Waals surface area contributed by atoms with Crippen LogP contribution in [-0.2, 0) is 9.59 Å². The summed E-state index contributed by atoms with van der Waals surface area (Å²) in [6, 6.07) is 0.278. The van der Waals surface area contributed by atoms with Crippen molar-refractivity contribution < 1.29 is 9.59 Å². The maximum Gasteiger partial charge on any atom is 0.247 e. The fourth-order valence-electron chi connectivity index (χ4n) is 2.20. The maximum atomic E-state index is 11.5. The fourth-order valence-corrected chi connectivity index (χ4v) is 2.20. The van der Waals surface area contributed by atoms with Crippen molar-refractivity contribution in [2.45, 2.75) is 31.0 Å². The lowest BCUT2D eigenvalue weighted by molar-refractivity contribution is -0.141. The molecule has 4 nitrogen and oxygen atoms in total. The molecule has 1 N–H and O–H groups in total. The molecule has 2 amide bonds. The van der Waals surface area contributed by atoms with Crippen LogP contribution in [0.1, 0.15) is 12.8 Å². The monoisotopic (exact) mass is 178 g/mol. The lowest BCUT2D eigenvalue weighted by Crippen LogP contribution is -2.57. The van der Waals surface area contributed by atoms with Crippen molar-refractivity contribution >= 4 is 11.8 Å². The van der Waals surface area contributed by atoms with Crippen molar-refractivity contribution in [1.82, 2.24) is 10.2 Å². The van der Waals surface area contributed by atoms with Gasteiger partial charge in [-0.05, 0) is 18.9 Å². The van der Waals surface area contributed by atoms with E-state index in [2.05, 4.69) is 5.32 Å². The minimum Gasteiger partial charge on any atom is -0.349 e. The summed E-state index contributed by atoms with van der Waals surface area (Å²) in [6.07, 6.45) is 4.96. The second kappa shape index (κ2) is 2.13. The third-order valence-electron chi connectivity index (χ3n) is 2.95. The van der Waals surface area contributed by atoms with Gasteiger partial charge in [-0.2, -0.15) is 0 Å². The van der Waals surface area contributed by atoms with E-state index in [9.17, 15) is 9.59 Å². The van der Waals surface area contributed by atoms with Crippen molar-refractivity contribution in [2.75, 3.05) is 0 Å². The summed E-state index contributed by atoms with van der Waals surface area (Å²) in [5.74, 6) is 0.00931. The molecule has 68 valence electrons. The van der Waals surface area contributed by atoms with Gasteiger partial charge in [0.05, 0.1) is 12.1 Å². The second-order valence-corrected chi connectivity index (χ2v) is 3.82. The van der Waals surface area contributed by atoms with Crippen LogP contribution in [0.4, 0.5) is 0 Å². The van der Waals surface area contributed by atoms with Gasteiger partial charge in [0.2, 0.25) is 11.8 Å².